The quantitative estimate of drug-likeness (QED) is 0.669. The number of hydrogen-bond donors (Lipinski definition) is 1. The van der Waals surface area contributed by atoms with Crippen LogP contribution in [0.25, 0.3) is 10.9 Å². The lowest BCUT2D eigenvalue weighted by atomic mass is 10.1. The molecule has 2 aliphatic heterocycles. The van der Waals surface area contributed by atoms with Crippen LogP contribution in [0.1, 0.15) is 31.5 Å². The number of hydrogen-bond acceptors (Lipinski definition) is 6. The van der Waals surface area contributed by atoms with Gasteiger partial charge in [-0.3, -0.25) is 9.88 Å². The molecule has 0 aliphatic carbocycles. The number of nitrogens with one attached hydrogen (secondary N) is 1. The van der Waals surface area contributed by atoms with Crippen LogP contribution in [0.5, 0.6) is 0 Å². The Hall–Kier alpha value is -3.25. The summed E-state index contributed by atoms with van der Waals surface area (Å²) in [6, 6.07) is 10.2. The van der Waals surface area contributed by atoms with Crippen molar-refractivity contribution in [2.24, 2.45) is 0 Å². The van der Waals surface area contributed by atoms with Crippen molar-refractivity contribution in [2.45, 2.75) is 33.4 Å². The van der Waals surface area contributed by atoms with Gasteiger partial charge in [0.1, 0.15) is 17.9 Å². The molecule has 2 aromatic heterocycles. The Morgan fingerprint density at radius 2 is 2.10 bits per heavy atom. The van der Waals surface area contributed by atoms with Crippen molar-refractivity contribution in [2.75, 3.05) is 18.5 Å². The average Bonchev–Trinajstić information content (AvgIpc) is 3.38. The fourth-order valence-electron chi connectivity index (χ4n) is 4.18. The Kier molecular flexibility index (Phi) is 4.93. The number of fused-ring (bicyclic) bond motifs is 2. The minimum absolute atomic E-state index is 0.790. The van der Waals surface area contributed by atoms with Crippen LogP contribution in [0.4, 0.5) is 11.5 Å². The fraction of sp³-hybridized carbons (Fsp3) is 0.292. The van der Waals surface area contributed by atoms with Crippen LogP contribution in [0.3, 0.4) is 0 Å². The maximum atomic E-state index is 5.88. The van der Waals surface area contributed by atoms with Gasteiger partial charge in [0, 0.05) is 42.6 Å². The minimum atomic E-state index is 0.790. The molecule has 0 unspecified atom stereocenters. The van der Waals surface area contributed by atoms with Crippen LogP contribution < -0.4 is 5.32 Å². The summed E-state index contributed by atoms with van der Waals surface area (Å²) < 4.78 is 5.88. The monoisotopic (exact) mass is 399 g/mol. The SMILES string of the molecule is CC=C(CN1Cc2ncnc(Nc3cnc4ccccc4c3)c2C1)C1=C(C)CCO1. The third-order valence-corrected chi connectivity index (χ3v) is 5.79. The third-order valence-electron chi connectivity index (χ3n) is 5.79. The lowest BCUT2D eigenvalue weighted by Crippen LogP contribution is -2.20. The van der Waals surface area contributed by atoms with Gasteiger partial charge >= 0.3 is 0 Å². The highest BCUT2D eigenvalue weighted by Gasteiger charge is 2.26. The van der Waals surface area contributed by atoms with Crippen LogP contribution in [-0.2, 0) is 17.8 Å². The molecule has 152 valence electrons. The highest BCUT2D eigenvalue weighted by molar-refractivity contribution is 5.82. The second kappa shape index (κ2) is 7.88. The van der Waals surface area contributed by atoms with E-state index in [1.807, 2.05) is 24.4 Å². The summed E-state index contributed by atoms with van der Waals surface area (Å²) in [6.07, 6.45) is 6.68. The number of anilines is 2. The Morgan fingerprint density at radius 3 is 2.93 bits per heavy atom. The van der Waals surface area contributed by atoms with Crippen molar-refractivity contribution >= 4 is 22.4 Å². The summed E-state index contributed by atoms with van der Waals surface area (Å²) in [7, 11) is 0. The molecular formula is C24H25N5O. The van der Waals surface area contributed by atoms with Crippen molar-refractivity contribution in [3.05, 3.63) is 77.1 Å². The van der Waals surface area contributed by atoms with E-state index in [1.54, 1.807) is 6.33 Å². The largest absolute Gasteiger partial charge is 0.493 e. The number of pyridine rings is 1. The summed E-state index contributed by atoms with van der Waals surface area (Å²) >= 11 is 0. The highest BCUT2D eigenvalue weighted by atomic mass is 16.5. The predicted octanol–water partition coefficient (Wildman–Crippen LogP) is 4.72. The molecule has 1 aromatic carbocycles. The van der Waals surface area contributed by atoms with Crippen LogP contribution in [0, 0.1) is 0 Å². The molecule has 6 nitrogen and oxygen atoms in total. The molecule has 30 heavy (non-hydrogen) atoms. The zero-order chi connectivity index (χ0) is 20.5. The molecule has 0 saturated carbocycles. The molecule has 0 saturated heterocycles. The van der Waals surface area contributed by atoms with E-state index >= 15 is 0 Å². The highest BCUT2D eigenvalue weighted by Crippen LogP contribution is 2.31. The Bertz CT molecular complexity index is 1170. The van der Waals surface area contributed by atoms with Gasteiger partial charge in [-0.2, -0.15) is 0 Å². The van der Waals surface area contributed by atoms with Crippen molar-refractivity contribution in [1.82, 2.24) is 19.9 Å². The first kappa shape index (κ1) is 18.8. The maximum Gasteiger partial charge on any atom is 0.138 e. The molecule has 3 aromatic rings. The Balaban J connectivity index is 1.35. The summed E-state index contributed by atoms with van der Waals surface area (Å²) in [5.41, 5.74) is 6.74. The number of aromatic nitrogens is 3. The Morgan fingerprint density at radius 1 is 1.20 bits per heavy atom. The zero-order valence-corrected chi connectivity index (χ0v) is 17.4. The van der Waals surface area contributed by atoms with E-state index in [1.165, 1.54) is 11.1 Å². The molecule has 0 bridgehead atoms. The molecular weight excluding hydrogens is 374 g/mol. The topological polar surface area (TPSA) is 63.2 Å². The van der Waals surface area contributed by atoms with Gasteiger partial charge in [-0.25, -0.2) is 9.97 Å². The summed E-state index contributed by atoms with van der Waals surface area (Å²) in [4.78, 5) is 16.0. The van der Waals surface area contributed by atoms with E-state index < -0.39 is 0 Å². The van der Waals surface area contributed by atoms with Crippen LogP contribution >= 0.6 is 0 Å². The van der Waals surface area contributed by atoms with Gasteiger partial charge in [0.2, 0.25) is 0 Å². The molecule has 0 atom stereocenters. The van der Waals surface area contributed by atoms with Gasteiger partial charge in [-0.15, -0.1) is 0 Å². The van der Waals surface area contributed by atoms with Crippen molar-refractivity contribution in [3.8, 4) is 0 Å². The van der Waals surface area contributed by atoms with Gasteiger partial charge < -0.3 is 10.1 Å². The molecule has 4 heterocycles. The number of allylic oxidation sites excluding steroid dienone is 1. The lowest BCUT2D eigenvalue weighted by molar-refractivity contribution is 0.239. The van der Waals surface area contributed by atoms with Gasteiger partial charge in [0.25, 0.3) is 0 Å². The van der Waals surface area contributed by atoms with Crippen LogP contribution in [0.2, 0.25) is 0 Å². The molecule has 2 aliphatic rings. The molecule has 0 amide bonds. The average molecular weight is 399 g/mol. The molecule has 1 N–H and O–H groups in total. The van der Waals surface area contributed by atoms with E-state index in [-0.39, 0.29) is 0 Å². The summed E-state index contributed by atoms with van der Waals surface area (Å²) in [5.74, 6) is 1.93. The van der Waals surface area contributed by atoms with Gasteiger partial charge in [0.05, 0.1) is 29.7 Å². The summed E-state index contributed by atoms with van der Waals surface area (Å²) in [5, 5.41) is 4.56. The molecule has 0 fully saturated rings. The number of ether oxygens (including phenoxy) is 1. The van der Waals surface area contributed by atoms with E-state index in [0.29, 0.717) is 0 Å². The fourth-order valence-corrected chi connectivity index (χ4v) is 4.18. The smallest absolute Gasteiger partial charge is 0.138 e. The standard InChI is InChI=1S/C24H25N5O/c1-3-17(23-16(2)8-9-30-23)12-29-13-20-22(14-29)26-15-27-24(20)28-19-10-18-6-4-5-7-21(18)25-11-19/h3-7,10-11,15H,8-9,12-14H2,1-2H3,(H,26,27,28). The molecule has 0 spiro atoms. The third kappa shape index (κ3) is 3.55. The normalized spacial score (nSPS) is 16.8. The molecule has 6 heteroatoms. The first-order valence-corrected chi connectivity index (χ1v) is 10.4. The van der Waals surface area contributed by atoms with E-state index in [0.717, 1.165) is 72.1 Å². The number of nitrogens with zero attached hydrogens (tertiary/aromatic N) is 4. The first-order valence-electron chi connectivity index (χ1n) is 10.4. The number of para-hydroxylation sites is 1. The molecule has 0 radical (unpaired) electrons. The minimum Gasteiger partial charge on any atom is -0.493 e. The first-order chi connectivity index (χ1) is 14.7. The second-order valence-electron chi connectivity index (χ2n) is 7.86. The van der Waals surface area contributed by atoms with E-state index in [2.05, 4.69) is 57.2 Å². The molecule has 5 rings (SSSR count). The van der Waals surface area contributed by atoms with Crippen LogP contribution in [-0.4, -0.2) is 33.0 Å². The van der Waals surface area contributed by atoms with Crippen molar-refractivity contribution in [1.29, 1.82) is 0 Å². The second-order valence-corrected chi connectivity index (χ2v) is 7.86. The zero-order valence-electron chi connectivity index (χ0n) is 17.4. The number of benzene rings is 1. The van der Waals surface area contributed by atoms with Gasteiger partial charge in [-0.05, 0) is 31.6 Å². The van der Waals surface area contributed by atoms with Crippen molar-refractivity contribution < 1.29 is 4.74 Å². The van der Waals surface area contributed by atoms with E-state index in [9.17, 15) is 0 Å². The van der Waals surface area contributed by atoms with Crippen LogP contribution in [0.15, 0.2) is 65.8 Å². The predicted molar refractivity (Wildman–Crippen MR) is 118 cm³/mol. The Labute approximate surface area is 176 Å². The van der Waals surface area contributed by atoms with Gasteiger partial charge in [0.15, 0.2) is 0 Å². The van der Waals surface area contributed by atoms with Gasteiger partial charge in [-0.1, -0.05) is 24.3 Å². The van der Waals surface area contributed by atoms with Crippen molar-refractivity contribution in [3.63, 3.8) is 0 Å². The van der Waals surface area contributed by atoms with E-state index in [4.69, 9.17) is 4.74 Å². The number of rotatable bonds is 5. The maximum absolute atomic E-state index is 5.88. The lowest BCUT2D eigenvalue weighted by Gasteiger charge is -2.18. The summed E-state index contributed by atoms with van der Waals surface area (Å²) in [6.45, 7) is 7.50.